The van der Waals surface area contributed by atoms with E-state index in [9.17, 15) is 4.79 Å². The Kier molecular flexibility index (Phi) is 4.37. The van der Waals surface area contributed by atoms with Crippen molar-refractivity contribution in [1.29, 1.82) is 0 Å². The van der Waals surface area contributed by atoms with Crippen LogP contribution in [0.15, 0.2) is 30.3 Å². The summed E-state index contributed by atoms with van der Waals surface area (Å²) in [5, 5.41) is 3.04. The van der Waals surface area contributed by atoms with Gasteiger partial charge in [0.05, 0.1) is 6.04 Å². The second-order valence-electron chi connectivity index (χ2n) is 5.18. The third-order valence-corrected chi connectivity index (χ3v) is 3.69. The van der Waals surface area contributed by atoms with Gasteiger partial charge >= 0.3 is 0 Å². The van der Waals surface area contributed by atoms with Crippen molar-refractivity contribution in [3.05, 3.63) is 35.9 Å². The van der Waals surface area contributed by atoms with Crippen molar-refractivity contribution in [3.63, 3.8) is 0 Å². The number of amides is 1. The molecule has 1 amide bonds. The standard InChI is InChI=1S/C15H22N2O/c1-2-6-14(16)15(18)17-13-9-12(10-13)11-7-4-3-5-8-11/h3-5,7-8,12-14H,2,6,9-10,16H2,1H3,(H,17,18). The lowest BCUT2D eigenvalue weighted by Gasteiger charge is -2.36. The fraction of sp³-hybridized carbons (Fsp3) is 0.533. The first-order chi connectivity index (χ1) is 8.70. The molecule has 3 nitrogen and oxygen atoms in total. The van der Waals surface area contributed by atoms with Crippen LogP contribution >= 0.6 is 0 Å². The number of carbonyl (C=O) groups excluding carboxylic acids is 1. The molecule has 2 rings (SSSR count). The molecule has 1 atom stereocenters. The zero-order chi connectivity index (χ0) is 13.0. The summed E-state index contributed by atoms with van der Waals surface area (Å²) in [6, 6.07) is 10.5. The van der Waals surface area contributed by atoms with Gasteiger partial charge in [0.25, 0.3) is 0 Å². The van der Waals surface area contributed by atoms with E-state index in [2.05, 4.69) is 29.6 Å². The maximum atomic E-state index is 11.7. The molecule has 0 spiro atoms. The second-order valence-corrected chi connectivity index (χ2v) is 5.18. The number of carbonyl (C=O) groups is 1. The average molecular weight is 246 g/mol. The largest absolute Gasteiger partial charge is 0.352 e. The zero-order valence-electron chi connectivity index (χ0n) is 10.9. The predicted molar refractivity (Wildman–Crippen MR) is 73.2 cm³/mol. The Morgan fingerprint density at radius 2 is 2.06 bits per heavy atom. The monoisotopic (exact) mass is 246 g/mol. The third-order valence-electron chi connectivity index (χ3n) is 3.69. The number of hydrogen-bond donors (Lipinski definition) is 2. The van der Waals surface area contributed by atoms with Crippen molar-refractivity contribution >= 4 is 5.91 Å². The Morgan fingerprint density at radius 1 is 1.39 bits per heavy atom. The Balaban J connectivity index is 1.75. The molecule has 0 radical (unpaired) electrons. The summed E-state index contributed by atoms with van der Waals surface area (Å²) < 4.78 is 0. The van der Waals surface area contributed by atoms with Gasteiger partial charge in [-0.2, -0.15) is 0 Å². The van der Waals surface area contributed by atoms with Crippen molar-refractivity contribution in [2.75, 3.05) is 0 Å². The van der Waals surface area contributed by atoms with Crippen LogP contribution in [0.25, 0.3) is 0 Å². The van der Waals surface area contributed by atoms with E-state index in [1.165, 1.54) is 5.56 Å². The molecule has 18 heavy (non-hydrogen) atoms. The first-order valence-electron chi connectivity index (χ1n) is 6.81. The summed E-state index contributed by atoms with van der Waals surface area (Å²) in [7, 11) is 0. The van der Waals surface area contributed by atoms with Gasteiger partial charge in [0.1, 0.15) is 0 Å². The molecule has 3 N–H and O–H groups in total. The van der Waals surface area contributed by atoms with Crippen molar-refractivity contribution < 1.29 is 4.79 Å². The third kappa shape index (κ3) is 3.10. The molecule has 0 aliphatic heterocycles. The molecule has 1 aromatic carbocycles. The van der Waals surface area contributed by atoms with E-state index in [0.717, 1.165) is 25.7 Å². The van der Waals surface area contributed by atoms with E-state index in [1.807, 2.05) is 13.0 Å². The van der Waals surface area contributed by atoms with E-state index < -0.39 is 0 Å². The topological polar surface area (TPSA) is 55.1 Å². The van der Waals surface area contributed by atoms with Crippen LogP contribution in [0.5, 0.6) is 0 Å². The summed E-state index contributed by atoms with van der Waals surface area (Å²) in [5.41, 5.74) is 7.16. The van der Waals surface area contributed by atoms with Gasteiger partial charge in [-0.3, -0.25) is 4.79 Å². The molecule has 0 aromatic heterocycles. The minimum absolute atomic E-state index is 0.00774. The van der Waals surface area contributed by atoms with Gasteiger partial charge in [-0.1, -0.05) is 43.7 Å². The maximum absolute atomic E-state index is 11.7. The number of hydrogen-bond acceptors (Lipinski definition) is 2. The lowest BCUT2D eigenvalue weighted by Crippen LogP contribution is -2.49. The molecule has 0 heterocycles. The second kappa shape index (κ2) is 6.01. The highest BCUT2D eigenvalue weighted by molar-refractivity contribution is 5.81. The quantitative estimate of drug-likeness (QED) is 0.836. The number of rotatable bonds is 5. The van der Waals surface area contributed by atoms with Crippen LogP contribution in [0.4, 0.5) is 0 Å². The van der Waals surface area contributed by atoms with Crippen molar-refractivity contribution in [3.8, 4) is 0 Å². The van der Waals surface area contributed by atoms with Crippen LogP contribution < -0.4 is 11.1 Å². The molecular formula is C15H22N2O. The first kappa shape index (κ1) is 13.1. The van der Waals surface area contributed by atoms with E-state index in [-0.39, 0.29) is 11.9 Å². The van der Waals surface area contributed by atoms with Gasteiger partial charge in [-0.05, 0) is 30.7 Å². The van der Waals surface area contributed by atoms with E-state index >= 15 is 0 Å². The van der Waals surface area contributed by atoms with E-state index in [1.54, 1.807) is 0 Å². The lowest BCUT2D eigenvalue weighted by atomic mass is 9.76. The molecular weight excluding hydrogens is 224 g/mol. The Hall–Kier alpha value is -1.35. The van der Waals surface area contributed by atoms with E-state index in [0.29, 0.717) is 12.0 Å². The highest BCUT2D eigenvalue weighted by Gasteiger charge is 2.31. The van der Waals surface area contributed by atoms with Crippen molar-refractivity contribution in [2.24, 2.45) is 5.73 Å². The van der Waals surface area contributed by atoms with Gasteiger partial charge in [0.15, 0.2) is 0 Å². The van der Waals surface area contributed by atoms with Crippen molar-refractivity contribution in [2.45, 2.75) is 50.6 Å². The van der Waals surface area contributed by atoms with Crippen LogP contribution in [-0.4, -0.2) is 18.0 Å². The molecule has 98 valence electrons. The van der Waals surface area contributed by atoms with Gasteiger partial charge in [-0.15, -0.1) is 0 Å². The fourth-order valence-electron chi connectivity index (χ4n) is 2.48. The molecule has 0 saturated heterocycles. The molecule has 1 aromatic rings. The summed E-state index contributed by atoms with van der Waals surface area (Å²) in [5.74, 6) is 0.604. The first-order valence-corrected chi connectivity index (χ1v) is 6.81. The Bertz CT molecular complexity index is 385. The molecule has 1 unspecified atom stereocenters. The molecule has 3 heteroatoms. The summed E-state index contributed by atoms with van der Waals surface area (Å²) in [6.07, 6.45) is 3.79. The van der Waals surface area contributed by atoms with Crippen LogP contribution in [0, 0.1) is 0 Å². The molecule has 1 saturated carbocycles. The van der Waals surface area contributed by atoms with Crippen LogP contribution in [0.3, 0.4) is 0 Å². The van der Waals surface area contributed by atoms with Gasteiger partial charge in [-0.25, -0.2) is 0 Å². The van der Waals surface area contributed by atoms with Crippen LogP contribution in [0.1, 0.15) is 44.1 Å². The van der Waals surface area contributed by atoms with Crippen LogP contribution in [0.2, 0.25) is 0 Å². The molecule has 1 fully saturated rings. The molecule has 1 aliphatic rings. The zero-order valence-corrected chi connectivity index (χ0v) is 10.9. The Labute approximate surface area is 109 Å². The SMILES string of the molecule is CCCC(N)C(=O)NC1CC(c2ccccc2)C1. The number of nitrogens with two attached hydrogens (primary N) is 1. The van der Waals surface area contributed by atoms with E-state index in [4.69, 9.17) is 5.73 Å². The molecule has 0 bridgehead atoms. The fourth-order valence-corrected chi connectivity index (χ4v) is 2.48. The van der Waals surface area contributed by atoms with Gasteiger partial charge in [0, 0.05) is 6.04 Å². The lowest BCUT2D eigenvalue weighted by molar-refractivity contribution is -0.123. The maximum Gasteiger partial charge on any atom is 0.237 e. The highest BCUT2D eigenvalue weighted by Crippen LogP contribution is 2.36. The predicted octanol–water partition coefficient (Wildman–Crippen LogP) is 2.18. The normalized spacial score (nSPS) is 24.1. The minimum Gasteiger partial charge on any atom is -0.352 e. The van der Waals surface area contributed by atoms with Crippen molar-refractivity contribution in [1.82, 2.24) is 5.32 Å². The highest BCUT2D eigenvalue weighted by atomic mass is 16.2. The van der Waals surface area contributed by atoms with Gasteiger partial charge < -0.3 is 11.1 Å². The number of nitrogens with one attached hydrogen (secondary N) is 1. The minimum atomic E-state index is -0.342. The average Bonchev–Trinajstić information content (AvgIpc) is 2.34. The smallest absolute Gasteiger partial charge is 0.237 e. The summed E-state index contributed by atoms with van der Waals surface area (Å²) in [4.78, 5) is 11.7. The summed E-state index contributed by atoms with van der Waals surface area (Å²) in [6.45, 7) is 2.04. The number of benzene rings is 1. The Morgan fingerprint density at radius 3 is 2.67 bits per heavy atom. The summed E-state index contributed by atoms with van der Waals surface area (Å²) >= 11 is 0. The van der Waals surface area contributed by atoms with Crippen LogP contribution in [-0.2, 0) is 4.79 Å². The molecule has 1 aliphatic carbocycles. The van der Waals surface area contributed by atoms with Gasteiger partial charge in [0.2, 0.25) is 5.91 Å².